The minimum Gasteiger partial charge on any atom is -0.508 e. The fourth-order valence-electron chi connectivity index (χ4n) is 13.4. The second-order valence-corrected chi connectivity index (χ2v) is 34.3. The molecule has 1 aromatic heterocycles. The number of ketones is 2. The maximum atomic E-state index is 15.1. The van der Waals surface area contributed by atoms with E-state index in [2.05, 4.69) is 53.1 Å². The lowest BCUT2D eigenvalue weighted by molar-refractivity contribution is -0.162. The largest absolute Gasteiger partial charge is 0.508 e. The Morgan fingerprint density at radius 2 is 1.35 bits per heavy atom. The number of carboxylic acid groups (broad SMARTS) is 4. The van der Waals surface area contributed by atoms with Crippen LogP contribution in [0.1, 0.15) is 215 Å². The highest BCUT2D eigenvalue weighted by molar-refractivity contribution is 8.76. The average molecular weight is 1780 g/mol. The van der Waals surface area contributed by atoms with Crippen LogP contribution in [0, 0.1) is 35.0 Å². The minimum absolute atomic E-state index is 0.00904. The Bertz CT molecular complexity index is 4010. The smallest absolute Gasteiger partial charge is 0.426 e. The molecule has 682 valence electrons. The number of aliphatic carboxylic acids is 4. The van der Waals surface area contributed by atoms with Crippen LogP contribution < -0.4 is 53.8 Å². The number of aromatic nitrogens is 1. The number of aromatic hydroxyl groups is 1. The molecule has 1 aliphatic rings. The number of Topliss-reactive ketones (excluding diaryl/α,β-unsaturated/α-hetero) is 2. The van der Waals surface area contributed by atoms with Gasteiger partial charge in [-0.1, -0.05) is 119 Å². The molecule has 1 fully saturated rings. The topological polar surface area (TPSA) is 579 Å². The number of benzene rings is 2. The molecule has 0 bridgehead atoms. The average Bonchev–Trinajstić information content (AvgIpc) is 1.63. The van der Waals surface area contributed by atoms with Crippen molar-refractivity contribution in [3.05, 3.63) is 81.3 Å². The standard InChI is InChI=1S/C82H122N14O24S3/c1-9-18-72(106)119-47-96(77(110)58(49(5)10-2)42-66(100)63-21-14-16-34-95(63)8)64(48(3)4)43-67(120-51(7)97)76-91-61(45-121-76)75(109)88-56(38-52-28-30-57(98)31-29-52)37-50(6)73(107)93-94-82(117)118-35-36-122-123-46-62(79(113)114)90-74(108)55(41-71(104)105)40-65(99)59(19-11-12-22-68(83)84)89-69(101)39-53-24-26-54(27-25-53)44-87-80(115)85-32-15-13-20-60(78(111)112)92-81(116)86-33-17-23-70(102)103/h24-31,45,48-50,55-56,58-60,62-64,67,98H,9-23,32-44,46-47H2,1-8H3,(H3,83,84)(H,88,109)(H,89,101)(H,90,108)(H,93,107)(H,94,117)(H,102,103)(H,104,105)(H,111,112)(H,113,114)(H2,85,87,115)(H2,86,92,116)/t49?,50-,55-,56+,58-,59-,60-,62-,63+,64+,67+/m0/s1. The zero-order valence-electron chi connectivity index (χ0n) is 71.0. The molecule has 3 aromatic rings. The van der Waals surface area contributed by atoms with Gasteiger partial charge in [0.1, 0.15) is 35.1 Å². The number of likely N-dealkylation sites (tertiary alicyclic amines) is 1. The molecule has 0 saturated carbocycles. The number of likely N-dealkylation sites (N-methyl/N-ethyl adjacent to an activating group) is 1. The number of piperidine rings is 1. The van der Waals surface area contributed by atoms with Gasteiger partial charge in [0.2, 0.25) is 23.6 Å². The van der Waals surface area contributed by atoms with E-state index in [0.717, 1.165) is 52.3 Å². The second-order valence-electron chi connectivity index (χ2n) is 30.8. The van der Waals surface area contributed by atoms with Gasteiger partial charge in [-0.2, -0.15) is 0 Å². The maximum absolute atomic E-state index is 15.1. The third-order valence-corrected chi connectivity index (χ3v) is 23.7. The number of amides is 10. The molecule has 0 aliphatic carbocycles. The van der Waals surface area contributed by atoms with Crippen LogP contribution >= 0.6 is 32.9 Å². The highest BCUT2D eigenvalue weighted by Gasteiger charge is 2.41. The zero-order valence-corrected chi connectivity index (χ0v) is 73.4. The fraction of sp³-hybridized carbons (Fsp3) is 0.610. The minimum atomic E-state index is -1.61. The summed E-state index contributed by atoms with van der Waals surface area (Å²) in [4.78, 5) is 216. The summed E-state index contributed by atoms with van der Waals surface area (Å²) in [6.07, 6.45) is 1.27. The van der Waals surface area contributed by atoms with Gasteiger partial charge in [0.05, 0.1) is 36.7 Å². The van der Waals surface area contributed by atoms with E-state index in [-0.39, 0.29) is 161 Å². The number of hydrogen-bond donors (Lipinski definition) is 16. The summed E-state index contributed by atoms with van der Waals surface area (Å²) in [5, 5.41) is 75.5. The molecular formula is C82H122N14O24S3. The molecule has 1 aliphatic heterocycles. The zero-order chi connectivity index (χ0) is 91.3. The van der Waals surface area contributed by atoms with Gasteiger partial charge in [-0.05, 0) is 125 Å². The number of rotatable bonds is 58. The van der Waals surface area contributed by atoms with E-state index in [1.807, 2.05) is 46.6 Å². The Kier molecular flexibility index (Phi) is 47.8. The Labute approximate surface area is 727 Å². The van der Waals surface area contributed by atoms with Crippen molar-refractivity contribution in [2.24, 2.45) is 35.3 Å². The molecule has 17 N–H and O–H groups in total. The highest BCUT2D eigenvalue weighted by Crippen LogP contribution is 2.35. The number of phenols is 1. The molecule has 2 aromatic carbocycles. The number of carboxylic acids is 4. The molecule has 0 radical (unpaired) electrons. The summed E-state index contributed by atoms with van der Waals surface area (Å²) in [6, 6.07) is 5.48. The monoisotopic (exact) mass is 1780 g/mol. The number of carbonyl (C=O) groups is 16. The molecule has 1 unspecified atom stereocenters. The van der Waals surface area contributed by atoms with E-state index in [0.29, 0.717) is 55.2 Å². The fourth-order valence-corrected chi connectivity index (χ4v) is 16.2. The molecule has 38 nitrogen and oxygen atoms in total. The van der Waals surface area contributed by atoms with Crippen molar-refractivity contribution < 1.29 is 116 Å². The molecular weight excluding hydrogens is 1660 g/mol. The van der Waals surface area contributed by atoms with Crippen molar-refractivity contribution in [3.8, 4) is 5.75 Å². The number of esters is 2. The third-order valence-electron chi connectivity index (χ3n) is 20.4. The Morgan fingerprint density at radius 3 is 1.98 bits per heavy atom. The van der Waals surface area contributed by atoms with E-state index >= 15 is 4.79 Å². The number of phenolic OH excluding ortho intramolecular Hbond substituents is 1. The second kappa shape index (κ2) is 56.2. The Balaban J connectivity index is 1.31. The summed E-state index contributed by atoms with van der Waals surface area (Å²) in [5.74, 6) is -14.9. The summed E-state index contributed by atoms with van der Waals surface area (Å²) in [5.41, 5.74) is 11.7. The summed E-state index contributed by atoms with van der Waals surface area (Å²) < 4.78 is 16.9. The lowest BCUT2D eigenvalue weighted by Gasteiger charge is -2.39. The summed E-state index contributed by atoms with van der Waals surface area (Å²) >= 11 is 1.03. The van der Waals surface area contributed by atoms with E-state index < -0.39 is 163 Å². The lowest BCUT2D eigenvalue weighted by atomic mass is 9.82. The number of carbonyl (C=O) groups excluding carboxylic acids is 12. The molecule has 1 saturated heterocycles. The molecule has 41 heteroatoms. The number of nitrogens with one attached hydrogen (secondary N) is 10. The quantitative estimate of drug-likeness (QED) is 0.00394. The van der Waals surface area contributed by atoms with E-state index in [1.165, 1.54) is 29.3 Å². The molecule has 2 heterocycles. The predicted octanol–water partition coefficient (Wildman–Crippen LogP) is 7.04. The van der Waals surface area contributed by atoms with Gasteiger partial charge >= 0.3 is 54.0 Å². The molecule has 4 rings (SSSR count). The number of nitrogens with zero attached hydrogens (tertiary/aromatic N) is 3. The highest BCUT2D eigenvalue weighted by atomic mass is 33.1. The van der Waals surface area contributed by atoms with Crippen molar-refractivity contribution in [2.45, 2.75) is 239 Å². The third kappa shape index (κ3) is 40.9. The van der Waals surface area contributed by atoms with Crippen LogP contribution in [0.3, 0.4) is 0 Å². The normalized spacial score (nSPS) is 15.0. The van der Waals surface area contributed by atoms with E-state index in [4.69, 9.17) is 30.5 Å². The van der Waals surface area contributed by atoms with Crippen LogP contribution in [0.15, 0.2) is 53.9 Å². The van der Waals surface area contributed by atoms with Gasteiger partial charge in [0, 0.05) is 106 Å². The molecule has 10 amide bonds. The summed E-state index contributed by atoms with van der Waals surface area (Å²) in [7, 11) is 3.89. The maximum Gasteiger partial charge on any atom is 0.426 e. The van der Waals surface area contributed by atoms with Crippen molar-refractivity contribution >= 4 is 134 Å². The van der Waals surface area contributed by atoms with Gasteiger partial charge in [0.15, 0.2) is 24.4 Å². The van der Waals surface area contributed by atoms with Gasteiger partial charge in [-0.15, -0.1) is 11.3 Å². The van der Waals surface area contributed by atoms with Crippen molar-refractivity contribution in [2.75, 3.05) is 51.5 Å². The van der Waals surface area contributed by atoms with Crippen LogP contribution in [-0.2, 0) is 91.1 Å². The first-order valence-corrected chi connectivity index (χ1v) is 44.6. The number of hydrogen-bond acceptors (Lipinski definition) is 26. The summed E-state index contributed by atoms with van der Waals surface area (Å²) in [6.45, 7) is 12.5. The van der Waals surface area contributed by atoms with Crippen LogP contribution in [0.4, 0.5) is 14.4 Å². The number of hydrazine groups is 1. The SMILES string of the molecule is CCCC(=O)OCN(C(=O)[C@@H](CC(=O)[C@H]1CCCCN1C)C(C)CC)[C@H](C[C@@H](OC(C)=O)c1nc(C(=O)N[C@@H](Cc2ccc(O)cc2)C[C@H](C)C(=O)NNC(=O)OCCSSC[C@H](NC(=O)[C@H](CC(=O)O)CC(=O)[C@H](CCCCC(=N)N)NC(=O)Cc2ccc(CNC(=O)NCCCC[C@H](NC(=O)NCCCC(=O)O)C(=O)O)cc2)C(=O)O)cs1)C(C)C. The number of amidine groups is 1. The molecule has 123 heavy (non-hydrogen) atoms. The van der Waals surface area contributed by atoms with Crippen LogP contribution in [0.2, 0.25) is 0 Å². The van der Waals surface area contributed by atoms with Gasteiger partial charge < -0.3 is 87.6 Å². The van der Waals surface area contributed by atoms with Gasteiger partial charge in [-0.25, -0.2) is 34.4 Å². The Hall–Kier alpha value is -10.7. The number of ether oxygens (including phenoxy) is 3. The first-order chi connectivity index (χ1) is 58.4. The van der Waals surface area contributed by atoms with Crippen LogP contribution in [0.25, 0.3) is 0 Å². The first kappa shape index (κ1) is 105. The lowest BCUT2D eigenvalue weighted by Crippen LogP contribution is -2.50. The number of unbranched alkanes of at least 4 members (excludes halogenated alkanes) is 2. The van der Waals surface area contributed by atoms with Gasteiger partial charge in [-0.3, -0.25) is 68.5 Å². The van der Waals surface area contributed by atoms with E-state index in [9.17, 15) is 92.3 Å². The first-order valence-electron chi connectivity index (χ1n) is 41.2. The molecule has 0 spiro atoms. The van der Waals surface area contributed by atoms with Crippen molar-refractivity contribution in [1.82, 2.24) is 62.9 Å². The van der Waals surface area contributed by atoms with Crippen molar-refractivity contribution in [1.29, 1.82) is 5.41 Å². The van der Waals surface area contributed by atoms with Crippen LogP contribution in [0.5, 0.6) is 5.75 Å². The Morgan fingerprint density at radius 1 is 0.691 bits per heavy atom. The van der Waals surface area contributed by atoms with Gasteiger partial charge in [0.25, 0.3) is 5.91 Å². The predicted molar refractivity (Wildman–Crippen MR) is 456 cm³/mol. The van der Waals surface area contributed by atoms with Crippen molar-refractivity contribution in [3.63, 3.8) is 0 Å². The number of nitrogens with two attached hydrogens (primary N) is 1. The van der Waals surface area contributed by atoms with Crippen LogP contribution in [-0.4, -0.2) is 229 Å². The number of urea groups is 2. The van der Waals surface area contributed by atoms with E-state index in [1.54, 1.807) is 43.3 Å². The number of thiazole rings is 1. The molecule has 11 atom stereocenters.